The minimum absolute atomic E-state index is 0.108. The van der Waals surface area contributed by atoms with Crippen LogP contribution in [0.3, 0.4) is 0 Å². The van der Waals surface area contributed by atoms with Crippen LogP contribution in [0.4, 0.5) is 0 Å². The monoisotopic (exact) mass is 318 g/mol. The Labute approximate surface area is 140 Å². The molecule has 0 spiro atoms. The predicted molar refractivity (Wildman–Crippen MR) is 93.0 cm³/mol. The normalized spacial score (nSPS) is 34.1. The second-order valence-electron chi connectivity index (χ2n) is 7.43. The number of hydrogen-bond acceptors (Lipinski definition) is 3. The third kappa shape index (κ3) is 4.81. The largest absolute Gasteiger partial charge is 0.456 e. The minimum atomic E-state index is -0.986. The molecule has 2 aliphatic rings. The van der Waals surface area contributed by atoms with E-state index in [2.05, 4.69) is 32.6 Å². The molecule has 0 saturated carbocycles. The van der Waals surface area contributed by atoms with E-state index < -0.39 is 11.7 Å². The van der Waals surface area contributed by atoms with Gasteiger partial charge in [-0.05, 0) is 71.6 Å². The fourth-order valence-electron chi connectivity index (χ4n) is 3.42. The van der Waals surface area contributed by atoms with Crippen molar-refractivity contribution >= 4 is 5.97 Å². The van der Waals surface area contributed by atoms with Gasteiger partial charge >= 0.3 is 5.97 Å². The van der Waals surface area contributed by atoms with Gasteiger partial charge in [-0.15, -0.1) is 0 Å². The lowest BCUT2D eigenvalue weighted by molar-refractivity contribution is -0.168. The van der Waals surface area contributed by atoms with Gasteiger partial charge in [0.05, 0.1) is 5.60 Å². The van der Waals surface area contributed by atoms with Crippen molar-refractivity contribution < 1.29 is 14.6 Å². The molecule has 0 aromatic rings. The Morgan fingerprint density at radius 3 is 2.61 bits per heavy atom. The molecule has 2 bridgehead atoms. The highest BCUT2D eigenvalue weighted by Crippen LogP contribution is 2.36. The molecule has 1 saturated heterocycles. The van der Waals surface area contributed by atoms with Crippen LogP contribution in [-0.2, 0) is 9.53 Å². The van der Waals surface area contributed by atoms with Gasteiger partial charge in [0.15, 0.2) is 0 Å². The van der Waals surface area contributed by atoms with Crippen molar-refractivity contribution in [3.05, 3.63) is 35.5 Å². The van der Waals surface area contributed by atoms with Gasteiger partial charge < -0.3 is 9.84 Å². The molecule has 0 aromatic heterocycles. The van der Waals surface area contributed by atoms with E-state index >= 15 is 0 Å². The molecule has 2 rings (SSSR count). The molecular weight excluding hydrogens is 288 g/mol. The summed E-state index contributed by atoms with van der Waals surface area (Å²) >= 11 is 0. The van der Waals surface area contributed by atoms with E-state index in [1.165, 1.54) is 11.1 Å². The fourth-order valence-corrected chi connectivity index (χ4v) is 3.42. The summed E-state index contributed by atoms with van der Waals surface area (Å²) in [4.78, 5) is 12.1. The molecule has 3 nitrogen and oxygen atoms in total. The summed E-state index contributed by atoms with van der Waals surface area (Å²) in [6.45, 7) is 10.0. The molecule has 23 heavy (non-hydrogen) atoms. The van der Waals surface area contributed by atoms with Crippen molar-refractivity contribution in [2.24, 2.45) is 5.92 Å². The van der Waals surface area contributed by atoms with E-state index in [9.17, 15) is 9.90 Å². The number of carbonyl (C=O) groups is 1. The van der Waals surface area contributed by atoms with Crippen molar-refractivity contribution in [2.75, 3.05) is 0 Å². The molecule has 128 valence electrons. The molecule has 3 heteroatoms. The standard InChI is InChI=1S/C20H30O3/c1-14-7-5-8-15(2)10-11-17-13-18(23-19(21)16(17)3)20(4,22)12-6-9-14/h8-9,17-18,22H,3,5-7,10-13H2,1-2,4H3/t17?,18-,20?/m0/s1. The Hall–Kier alpha value is -1.35. The van der Waals surface area contributed by atoms with Crippen LogP contribution in [0, 0.1) is 5.92 Å². The maximum Gasteiger partial charge on any atom is 0.334 e. The highest BCUT2D eigenvalue weighted by molar-refractivity contribution is 5.89. The zero-order chi connectivity index (χ0) is 17.0. The van der Waals surface area contributed by atoms with Gasteiger partial charge in [-0.3, -0.25) is 0 Å². The average molecular weight is 318 g/mol. The van der Waals surface area contributed by atoms with E-state index in [1.807, 2.05) is 0 Å². The second kappa shape index (κ2) is 7.48. The van der Waals surface area contributed by atoms with Crippen molar-refractivity contribution in [1.29, 1.82) is 0 Å². The maximum atomic E-state index is 12.1. The summed E-state index contributed by atoms with van der Waals surface area (Å²) in [5.74, 6) is -0.233. The quantitative estimate of drug-likeness (QED) is 0.407. The molecule has 1 N–H and O–H groups in total. The molecule has 0 amide bonds. The third-order valence-electron chi connectivity index (χ3n) is 5.26. The van der Waals surface area contributed by atoms with Crippen LogP contribution in [0.5, 0.6) is 0 Å². The molecule has 1 aliphatic heterocycles. The summed E-state index contributed by atoms with van der Waals surface area (Å²) in [5.41, 5.74) is 2.30. The number of esters is 1. The summed E-state index contributed by atoms with van der Waals surface area (Å²) < 4.78 is 5.47. The number of carbonyl (C=O) groups excluding carboxylic acids is 1. The maximum absolute atomic E-state index is 12.1. The summed E-state index contributed by atoms with van der Waals surface area (Å²) in [6, 6.07) is 0. The first-order chi connectivity index (χ1) is 10.8. The van der Waals surface area contributed by atoms with Crippen LogP contribution in [0.25, 0.3) is 0 Å². The van der Waals surface area contributed by atoms with E-state index in [0.29, 0.717) is 18.4 Å². The molecule has 0 aromatic carbocycles. The number of fused-ring (bicyclic) bond motifs is 2. The number of rotatable bonds is 0. The lowest BCUT2D eigenvalue weighted by Crippen LogP contribution is -2.47. The van der Waals surface area contributed by atoms with Gasteiger partial charge in [-0.2, -0.15) is 0 Å². The number of hydrogen-bond donors (Lipinski definition) is 1. The molecule has 1 heterocycles. The topological polar surface area (TPSA) is 46.5 Å². The molecule has 2 unspecified atom stereocenters. The SMILES string of the molecule is C=C1C(=O)O[C@H]2CC1CCC(C)=CCCC(C)=CCCC2(C)O. The highest BCUT2D eigenvalue weighted by atomic mass is 16.6. The first kappa shape index (κ1) is 18.0. The Morgan fingerprint density at radius 1 is 1.22 bits per heavy atom. The fraction of sp³-hybridized carbons (Fsp3) is 0.650. The lowest BCUT2D eigenvalue weighted by Gasteiger charge is -2.38. The average Bonchev–Trinajstić information content (AvgIpc) is 2.47. The zero-order valence-electron chi connectivity index (χ0n) is 14.7. The van der Waals surface area contributed by atoms with E-state index in [1.54, 1.807) is 6.92 Å². The smallest absolute Gasteiger partial charge is 0.334 e. The molecule has 1 aliphatic carbocycles. The Balaban J connectivity index is 2.21. The Kier molecular flexibility index (Phi) is 5.85. The third-order valence-corrected chi connectivity index (χ3v) is 5.26. The van der Waals surface area contributed by atoms with Crippen LogP contribution in [0.15, 0.2) is 35.5 Å². The minimum Gasteiger partial charge on any atom is -0.456 e. The Bertz CT molecular complexity index is 525. The number of allylic oxidation sites excluding steroid dienone is 4. The molecule has 1 fully saturated rings. The van der Waals surface area contributed by atoms with Crippen molar-refractivity contribution in [3.8, 4) is 0 Å². The van der Waals surface area contributed by atoms with E-state index in [-0.39, 0.29) is 11.9 Å². The van der Waals surface area contributed by atoms with E-state index in [0.717, 1.165) is 32.1 Å². The van der Waals surface area contributed by atoms with Crippen LogP contribution in [0.2, 0.25) is 0 Å². The summed E-state index contributed by atoms with van der Waals surface area (Å²) in [6.07, 6.45) is 10.1. The lowest BCUT2D eigenvalue weighted by atomic mass is 9.79. The van der Waals surface area contributed by atoms with Crippen LogP contribution >= 0.6 is 0 Å². The Morgan fingerprint density at radius 2 is 1.87 bits per heavy atom. The number of aliphatic hydroxyl groups is 1. The van der Waals surface area contributed by atoms with E-state index in [4.69, 9.17) is 4.74 Å². The first-order valence-electron chi connectivity index (χ1n) is 8.73. The second-order valence-corrected chi connectivity index (χ2v) is 7.43. The molecule has 0 radical (unpaired) electrons. The van der Waals surface area contributed by atoms with Crippen molar-refractivity contribution in [1.82, 2.24) is 0 Å². The summed E-state index contributed by atoms with van der Waals surface area (Å²) in [7, 11) is 0. The molecular formula is C20H30O3. The van der Waals surface area contributed by atoms with Crippen LogP contribution in [-0.4, -0.2) is 22.8 Å². The highest BCUT2D eigenvalue weighted by Gasteiger charge is 2.41. The van der Waals surface area contributed by atoms with Crippen LogP contribution < -0.4 is 0 Å². The van der Waals surface area contributed by atoms with Crippen molar-refractivity contribution in [3.63, 3.8) is 0 Å². The first-order valence-corrected chi connectivity index (χ1v) is 8.73. The predicted octanol–water partition coefficient (Wildman–Crippen LogP) is 4.47. The summed E-state index contributed by atoms with van der Waals surface area (Å²) in [5, 5.41) is 10.8. The van der Waals surface area contributed by atoms with Gasteiger partial charge in [0.25, 0.3) is 0 Å². The zero-order valence-corrected chi connectivity index (χ0v) is 14.7. The van der Waals surface area contributed by atoms with Crippen LogP contribution in [0.1, 0.15) is 65.7 Å². The van der Waals surface area contributed by atoms with Gasteiger partial charge in [0, 0.05) is 5.57 Å². The molecule has 3 atom stereocenters. The van der Waals surface area contributed by atoms with Gasteiger partial charge in [-0.1, -0.05) is 29.9 Å². The van der Waals surface area contributed by atoms with Crippen molar-refractivity contribution in [2.45, 2.75) is 77.4 Å². The van der Waals surface area contributed by atoms with Gasteiger partial charge in [0.2, 0.25) is 0 Å². The number of ether oxygens (including phenoxy) is 1. The van der Waals surface area contributed by atoms with Gasteiger partial charge in [0.1, 0.15) is 6.10 Å². The van der Waals surface area contributed by atoms with Gasteiger partial charge in [-0.25, -0.2) is 4.79 Å².